The monoisotopic (exact) mass is 262 g/mol. The van der Waals surface area contributed by atoms with Crippen molar-refractivity contribution in [2.45, 2.75) is 59.0 Å². The lowest BCUT2D eigenvalue weighted by Gasteiger charge is -2.35. The van der Waals surface area contributed by atoms with Crippen LogP contribution in [0.5, 0.6) is 0 Å². The first-order valence-corrected chi connectivity index (χ1v) is 7.60. The molecule has 0 unspecified atom stereocenters. The molecule has 0 aliphatic carbocycles. The van der Waals surface area contributed by atoms with E-state index < -0.39 is 0 Å². The van der Waals surface area contributed by atoms with Crippen LogP contribution in [0.1, 0.15) is 56.2 Å². The number of hydrogen-bond donors (Lipinski definition) is 0. The number of nitrogens with zero attached hydrogens (tertiary/aromatic N) is 2. The van der Waals surface area contributed by atoms with Crippen LogP contribution in [0.15, 0.2) is 12.1 Å². The van der Waals surface area contributed by atoms with Crippen LogP contribution in [0.4, 0.5) is 0 Å². The predicted octanol–water partition coefficient (Wildman–Crippen LogP) is 3.13. The van der Waals surface area contributed by atoms with Crippen LogP contribution < -0.4 is 0 Å². The Morgan fingerprint density at radius 2 is 2.00 bits per heavy atom. The molecule has 3 nitrogen and oxygen atoms in total. The van der Waals surface area contributed by atoms with Crippen molar-refractivity contribution in [2.75, 3.05) is 13.1 Å². The Labute approximate surface area is 116 Å². The molecule has 0 bridgehead atoms. The number of Topliss-reactive ketones (excluding diaryl/α,β-unsaturated/α-hetero) is 1. The van der Waals surface area contributed by atoms with E-state index in [-0.39, 0.29) is 5.78 Å². The molecule has 3 heteroatoms. The molecule has 0 fully saturated rings. The highest BCUT2D eigenvalue weighted by Crippen LogP contribution is 2.23. The molecule has 1 aromatic heterocycles. The number of rotatable bonds is 6. The molecule has 0 amide bonds. The maximum Gasteiger partial charge on any atom is 0.176 e. The summed E-state index contributed by atoms with van der Waals surface area (Å²) in [5, 5.41) is 0. The lowest BCUT2D eigenvalue weighted by molar-refractivity contribution is 0.1000. The number of carbonyl (C=O) groups is 1. The molecular weight excluding hydrogens is 236 g/mol. The van der Waals surface area contributed by atoms with Gasteiger partial charge in [0.05, 0.1) is 5.69 Å². The summed E-state index contributed by atoms with van der Waals surface area (Å²) in [7, 11) is 0. The molecule has 0 aromatic carbocycles. The van der Waals surface area contributed by atoms with Crippen LogP contribution >= 0.6 is 0 Å². The zero-order valence-corrected chi connectivity index (χ0v) is 12.5. The average molecular weight is 262 g/mol. The van der Waals surface area contributed by atoms with Crippen molar-refractivity contribution in [3.8, 4) is 0 Å². The summed E-state index contributed by atoms with van der Waals surface area (Å²) in [4.78, 5) is 14.2. The van der Waals surface area contributed by atoms with Gasteiger partial charge in [0.1, 0.15) is 0 Å². The van der Waals surface area contributed by atoms with Gasteiger partial charge in [0.25, 0.3) is 0 Å². The Hall–Kier alpha value is -1.09. The standard InChI is InChI=1S/C16H26N2O/c1-4-9-17(10-5-2)14-8-11-18-15(12-14)6-7-16(18)13(3)19/h6-7,14H,4-5,8-12H2,1-3H3/t14-/m1/s1. The molecule has 0 N–H and O–H groups in total. The Morgan fingerprint density at radius 1 is 1.32 bits per heavy atom. The van der Waals surface area contributed by atoms with Crippen molar-refractivity contribution in [3.05, 3.63) is 23.5 Å². The van der Waals surface area contributed by atoms with E-state index in [9.17, 15) is 4.79 Å². The molecule has 106 valence electrons. The quantitative estimate of drug-likeness (QED) is 0.736. The van der Waals surface area contributed by atoms with Gasteiger partial charge in [-0.2, -0.15) is 0 Å². The molecule has 0 saturated carbocycles. The Bertz CT molecular complexity index is 430. The molecule has 1 aliphatic heterocycles. The van der Waals surface area contributed by atoms with E-state index in [1.165, 1.54) is 38.0 Å². The van der Waals surface area contributed by atoms with Crippen molar-refractivity contribution in [2.24, 2.45) is 0 Å². The van der Waals surface area contributed by atoms with Gasteiger partial charge in [0, 0.05) is 31.6 Å². The smallest absolute Gasteiger partial charge is 0.176 e. The van der Waals surface area contributed by atoms with Gasteiger partial charge in [-0.25, -0.2) is 0 Å². The second-order valence-electron chi connectivity index (χ2n) is 5.60. The summed E-state index contributed by atoms with van der Waals surface area (Å²) in [5.74, 6) is 0.184. The average Bonchev–Trinajstić information content (AvgIpc) is 2.81. The van der Waals surface area contributed by atoms with Gasteiger partial charge in [-0.3, -0.25) is 9.69 Å². The zero-order valence-electron chi connectivity index (χ0n) is 12.5. The van der Waals surface area contributed by atoms with Crippen molar-refractivity contribution >= 4 is 5.78 Å². The minimum Gasteiger partial charge on any atom is -0.342 e. The van der Waals surface area contributed by atoms with Crippen LogP contribution in [-0.2, 0) is 13.0 Å². The third-order valence-electron chi connectivity index (χ3n) is 4.10. The molecular formula is C16H26N2O. The van der Waals surface area contributed by atoms with Gasteiger partial charge in [-0.05, 0) is 44.5 Å². The number of carbonyl (C=O) groups excluding carboxylic acids is 1. The van der Waals surface area contributed by atoms with E-state index in [4.69, 9.17) is 0 Å². The molecule has 1 aliphatic rings. The second kappa shape index (κ2) is 6.38. The van der Waals surface area contributed by atoms with E-state index in [1.807, 2.05) is 6.07 Å². The Balaban J connectivity index is 2.11. The molecule has 1 atom stereocenters. The molecule has 0 spiro atoms. The van der Waals surface area contributed by atoms with Gasteiger partial charge in [0.2, 0.25) is 0 Å². The van der Waals surface area contributed by atoms with Crippen molar-refractivity contribution in [1.29, 1.82) is 0 Å². The van der Waals surface area contributed by atoms with Crippen LogP contribution in [0.3, 0.4) is 0 Å². The van der Waals surface area contributed by atoms with Gasteiger partial charge in [-0.15, -0.1) is 0 Å². The van der Waals surface area contributed by atoms with Gasteiger partial charge in [-0.1, -0.05) is 13.8 Å². The fourth-order valence-corrected chi connectivity index (χ4v) is 3.24. The molecule has 0 saturated heterocycles. The minimum atomic E-state index is 0.184. The highest BCUT2D eigenvalue weighted by molar-refractivity contribution is 5.92. The lowest BCUT2D eigenvalue weighted by Crippen LogP contribution is -2.41. The SMILES string of the molecule is CCCN(CCC)[C@@H]1CCn2c(ccc2C(C)=O)C1. The fraction of sp³-hybridized carbons (Fsp3) is 0.688. The maximum atomic E-state index is 11.6. The summed E-state index contributed by atoms with van der Waals surface area (Å²) < 4.78 is 2.22. The molecule has 0 radical (unpaired) electrons. The third kappa shape index (κ3) is 3.08. The fourth-order valence-electron chi connectivity index (χ4n) is 3.24. The van der Waals surface area contributed by atoms with E-state index in [2.05, 4.69) is 29.4 Å². The summed E-state index contributed by atoms with van der Waals surface area (Å²) in [6.07, 6.45) is 4.70. The highest BCUT2D eigenvalue weighted by Gasteiger charge is 2.25. The van der Waals surface area contributed by atoms with E-state index >= 15 is 0 Å². The van der Waals surface area contributed by atoms with Crippen molar-refractivity contribution in [3.63, 3.8) is 0 Å². The molecule has 2 rings (SSSR count). The maximum absolute atomic E-state index is 11.6. The number of ketones is 1. The lowest BCUT2D eigenvalue weighted by atomic mass is 10.0. The predicted molar refractivity (Wildman–Crippen MR) is 78.7 cm³/mol. The van der Waals surface area contributed by atoms with Gasteiger partial charge in [0.15, 0.2) is 5.78 Å². The molecule has 1 aromatic rings. The first-order chi connectivity index (χ1) is 9.17. The normalized spacial score (nSPS) is 18.6. The van der Waals surface area contributed by atoms with E-state index in [0.717, 1.165) is 18.7 Å². The van der Waals surface area contributed by atoms with Crippen LogP contribution in [0.2, 0.25) is 0 Å². The first kappa shape index (κ1) is 14.3. The first-order valence-electron chi connectivity index (χ1n) is 7.60. The van der Waals surface area contributed by atoms with Gasteiger partial charge < -0.3 is 4.57 Å². The minimum absolute atomic E-state index is 0.184. The summed E-state index contributed by atoms with van der Waals surface area (Å²) >= 11 is 0. The summed E-state index contributed by atoms with van der Waals surface area (Å²) in [6.45, 7) is 9.54. The Morgan fingerprint density at radius 3 is 2.58 bits per heavy atom. The van der Waals surface area contributed by atoms with Crippen molar-refractivity contribution < 1.29 is 4.79 Å². The zero-order chi connectivity index (χ0) is 13.8. The Kier molecular flexibility index (Phi) is 4.81. The number of fused-ring (bicyclic) bond motifs is 1. The summed E-state index contributed by atoms with van der Waals surface area (Å²) in [5.41, 5.74) is 2.21. The third-order valence-corrected chi connectivity index (χ3v) is 4.10. The highest BCUT2D eigenvalue weighted by atomic mass is 16.1. The number of hydrogen-bond acceptors (Lipinski definition) is 2. The number of aromatic nitrogens is 1. The van der Waals surface area contributed by atoms with Crippen LogP contribution in [-0.4, -0.2) is 34.4 Å². The van der Waals surface area contributed by atoms with Gasteiger partial charge >= 0.3 is 0 Å². The van der Waals surface area contributed by atoms with E-state index in [0.29, 0.717) is 6.04 Å². The largest absolute Gasteiger partial charge is 0.342 e. The molecule has 2 heterocycles. The molecule has 19 heavy (non-hydrogen) atoms. The van der Waals surface area contributed by atoms with Crippen LogP contribution in [0.25, 0.3) is 0 Å². The van der Waals surface area contributed by atoms with E-state index in [1.54, 1.807) is 6.92 Å². The second-order valence-corrected chi connectivity index (χ2v) is 5.60. The topological polar surface area (TPSA) is 25.2 Å². The van der Waals surface area contributed by atoms with Crippen molar-refractivity contribution in [1.82, 2.24) is 9.47 Å². The van der Waals surface area contributed by atoms with Crippen LogP contribution in [0, 0.1) is 0 Å². The summed E-state index contributed by atoms with van der Waals surface area (Å²) in [6, 6.07) is 4.78.